The highest BCUT2D eigenvalue weighted by Crippen LogP contribution is 2.37. The van der Waals surface area contributed by atoms with Crippen LogP contribution in [0.5, 0.6) is 5.75 Å². The standard InChI is InChI=1S/C19H15F6NO3/c1-28-11-29-16-5-2-12(3-6-16)4-7-17(27)26-15-9-13(18(20,21)22)8-14(10-15)19(23,24)25/h2-10H,11H2,1H3,(H,26,27)/b7-4+. The summed E-state index contributed by atoms with van der Waals surface area (Å²) >= 11 is 0. The van der Waals surface area contributed by atoms with Gasteiger partial charge in [-0.05, 0) is 42.0 Å². The summed E-state index contributed by atoms with van der Waals surface area (Å²) in [7, 11) is 1.46. The van der Waals surface area contributed by atoms with E-state index in [1.165, 1.54) is 13.2 Å². The first-order valence-corrected chi connectivity index (χ1v) is 7.99. The molecule has 156 valence electrons. The predicted octanol–water partition coefficient (Wildman–Crippen LogP) is 5.36. The van der Waals surface area contributed by atoms with E-state index < -0.39 is 35.1 Å². The van der Waals surface area contributed by atoms with Gasteiger partial charge in [0.2, 0.25) is 5.91 Å². The second-order valence-electron chi connectivity index (χ2n) is 5.74. The fraction of sp³-hybridized carbons (Fsp3) is 0.211. The number of benzene rings is 2. The van der Waals surface area contributed by atoms with Crippen LogP contribution < -0.4 is 10.1 Å². The van der Waals surface area contributed by atoms with Gasteiger partial charge in [0, 0.05) is 18.9 Å². The molecule has 0 aliphatic carbocycles. The summed E-state index contributed by atoms with van der Waals surface area (Å²) < 4.78 is 87.0. The molecule has 0 heterocycles. The Hall–Kier alpha value is -3.01. The SMILES string of the molecule is COCOc1ccc(/C=C/C(=O)Nc2cc(C(F)(F)F)cc(C(F)(F)F)c2)cc1. The van der Waals surface area contributed by atoms with Crippen molar-refractivity contribution in [3.8, 4) is 5.75 Å². The summed E-state index contributed by atoms with van der Waals surface area (Å²) in [5, 5.41) is 2.01. The summed E-state index contributed by atoms with van der Waals surface area (Å²) in [6.45, 7) is 0.0501. The quantitative estimate of drug-likeness (QED) is 0.390. The summed E-state index contributed by atoms with van der Waals surface area (Å²) in [6, 6.07) is 7.24. The number of hydrogen-bond acceptors (Lipinski definition) is 3. The van der Waals surface area contributed by atoms with Gasteiger partial charge in [-0.1, -0.05) is 12.1 Å². The summed E-state index contributed by atoms with van der Waals surface area (Å²) in [6.07, 6.45) is -7.67. The first kappa shape index (κ1) is 22.3. The Kier molecular flexibility index (Phi) is 6.91. The van der Waals surface area contributed by atoms with Crippen LogP contribution in [0.3, 0.4) is 0 Å². The molecule has 0 fully saturated rings. The number of ether oxygens (including phenoxy) is 2. The van der Waals surface area contributed by atoms with Crippen molar-refractivity contribution < 1.29 is 40.6 Å². The highest BCUT2D eigenvalue weighted by atomic mass is 19.4. The molecule has 2 aromatic rings. The van der Waals surface area contributed by atoms with Gasteiger partial charge in [0.15, 0.2) is 6.79 Å². The maximum atomic E-state index is 12.8. The van der Waals surface area contributed by atoms with Crippen molar-refractivity contribution in [1.82, 2.24) is 0 Å². The number of rotatable bonds is 6. The number of methoxy groups -OCH3 is 1. The summed E-state index contributed by atoms with van der Waals surface area (Å²) in [4.78, 5) is 11.9. The topological polar surface area (TPSA) is 47.6 Å². The molecule has 0 atom stereocenters. The highest BCUT2D eigenvalue weighted by Gasteiger charge is 2.37. The average molecular weight is 419 g/mol. The Morgan fingerprint density at radius 2 is 1.52 bits per heavy atom. The summed E-state index contributed by atoms with van der Waals surface area (Å²) in [5.74, 6) is -0.380. The minimum absolute atomic E-state index is 0.0152. The molecule has 0 saturated carbocycles. The molecule has 1 N–H and O–H groups in total. The Bertz CT molecular complexity index is 841. The van der Waals surface area contributed by atoms with Gasteiger partial charge >= 0.3 is 12.4 Å². The van der Waals surface area contributed by atoms with E-state index in [0.29, 0.717) is 23.4 Å². The van der Waals surface area contributed by atoms with Crippen molar-refractivity contribution in [1.29, 1.82) is 0 Å². The van der Waals surface area contributed by atoms with Crippen LogP contribution in [-0.4, -0.2) is 19.8 Å². The van der Waals surface area contributed by atoms with E-state index in [-0.39, 0.29) is 12.9 Å². The van der Waals surface area contributed by atoms with Gasteiger partial charge in [0.05, 0.1) is 11.1 Å². The van der Waals surface area contributed by atoms with Gasteiger partial charge in [-0.25, -0.2) is 0 Å². The van der Waals surface area contributed by atoms with Crippen molar-refractivity contribution in [3.63, 3.8) is 0 Å². The number of amides is 1. The predicted molar refractivity (Wildman–Crippen MR) is 93.1 cm³/mol. The van der Waals surface area contributed by atoms with Crippen molar-refractivity contribution in [3.05, 3.63) is 65.2 Å². The molecule has 0 spiro atoms. The molecule has 10 heteroatoms. The van der Waals surface area contributed by atoms with Crippen LogP contribution in [0.2, 0.25) is 0 Å². The average Bonchev–Trinajstić information content (AvgIpc) is 2.64. The van der Waals surface area contributed by atoms with Gasteiger partial charge in [-0.2, -0.15) is 26.3 Å². The maximum Gasteiger partial charge on any atom is 0.416 e. The second kappa shape index (κ2) is 8.99. The maximum absolute atomic E-state index is 12.8. The number of hydrogen-bond donors (Lipinski definition) is 1. The van der Waals surface area contributed by atoms with Crippen LogP contribution in [0, 0.1) is 0 Å². The van der Waals surface area contributed by atoms with E-state index in [4.69, 9.17) is 9.47 Å². The third-order valence-corrected chi connectivity index (χ3v) is 3.51. The van der Waals surface area contributed by atoms with Crippen molar-refractivity contribution in [2.24, 2.45) is 0 Å². The van der Waals surface area contributed by atoms with Crippen LogP contribution in [0.15, 0.2) is 48.5 Å². The Labute approximate surface area is 161 Å². The Morgan fingerprint density at radius 3 is 2.00 bits per heavy atom. The number of halogens is 6. The largest absolute Gasteiger partial charge is 0.468 e. The zero-order chi connectivity index (χ0) is 21.7. The summed E-state index contributed by atoms with van der Waals surface area (Å²) in [5.41, 5.74) is -3.09. The molecule has 29 heavy (non-hydrogen) atoms. The van der Waals surface area contributed by atoms with E-state index in [2.05, 4.69) is 0 Å². The lowest BCUT2D eigenvalue weighted by molar-refractivity contribution is -0.143. The normalized spacial score (nSPS) is 12.2. The fourth-order valence-electron chi connectivity index (χ4n) is 2.19. The van der Waals surface area contributed by atoms with E-state index in [1.807, 2.05) is 5.32 Å². The molecule has 4 nitrogen and oxygen atoms in total. The van der Waals surface area contributed by atoms with Crippen molar-refractivity contribution in [2.75, 3.05) is 19.2 Å². The fourth-order valence-corrected chi connectivity index (χ4v) is 2.19. The van der Waals surface area contributed by atoms with Crippen molar-refractivity contribution >= 4 is 17.7 Å². The molecule has 0 unspecified atom stereocenters. The molecule has 0 radical (unpaired) electrons. The minimum atomic E-state index is -5.00. The lowest BCUT2D eigenvalue weighted by Gasteiger charge is -2.14. The number of anilines is 1. The number of nitrogens with one attached hydrogen (secondary N) is 1. The van der Waals surface area contributed by atoms with Gasteiger partial charge < -0.3 is 14.8 Å². The molecule has 0 aliphatic rings. The van der Waals surface area contributed by atoms with Crippen LogP contribution in [0.25, 0.3) is 6.08 Å². The smallest absolute Gasteiger partial charge is 0.416 e. The Balaban J connectivity index is 2.14. The lowest BCUT2D eigenvalue weighted by atomic mass is 10.1. The molecule has 1 amide bonds. The molecular formula is C19H15F6NO3. The first-order chi connectivity index (χ1) is 13.5. The first-order valence-electron chi connectivity index (χ1n) is 7.99. The number of carbonyl (C=O) groups excluding carboxylic acids is 1. The Morgan fingerprint density at radius 1 is 0.966 bits per heavy atom. The molecule has 0 saturated heterocycles. The van der Waals surface area contributed by atoms with Crippen LogP contribution in [0.4, 0.5) is 32.0 Å². The van der Waals surface area contributed by atoms with Crippen LogP contribution >= 0.6 is 0 Å². The van der Waals surface area contributed by atoms with E-state index in [1.54, 1.807) is 24.3 Å². The molecule has 0 bridgehead atoms. The molecule has 0 aromatic heterocycles. The van der Waals surface area contributed by atoms with Gasteiger partial charge in [0.25, 0.3) is 0 Å². The molecule has 0 aliphatic heterocycles. The molecular weight excluding hydrogens is 404 g/mol. The minimum Gasteiger partial charge on any atom is -0.468 e. The van der Waals surface area contributed by atoms with E-state index in [9.17, 15) is 31.1 Å². The third-order valence-electron chi connectivity index (χ3n) is 3.51. The van der Waals surface area contributed by atoms with Gasteiger partial charge in [-0.3, -0.25) is 4.79 Å². The zero-order valence-corrected chi connectivity index (χ0v) is 14.9. The number of carbonyl (C=O) groups is 1. The van der Waals surface area contributed by atoms with Crippen LogP contribution in [0.1, 0.15) is 16.7 Å². The third kappa shape index (κ3) is 6.83. The lowest BCUT2D eigenvalue weighted by Crippen LogP contribution is -2.14. The monoisotopic (exact) mass is 419 g/mol. The van der Waals surface area contributed by atoms with E-state index in [0.717, 1.165) is 6.08 Å². The molecule has 2 aromatic carbocycles. The van der Waals surface area contributed by atoms with Gasteiger partial charge in [-0.15, -0.1) is 0 Å². The van der Waals surface area contributed by atoms with Crippen molar-refractivity contribution in [2.45, 2.75) is 12.4 Å². The van der Waals surface area contributed by atoms with E-state index >= 15 is 0 Å². The second-order valence-corrected chi connectivity index (χ2v) is 5.74. The molecule has 2 rings (SSSR count). The van der Waals surface area contributed by atoms with Crippen LogP contribution in [-0.2, 0) is 21.9 Å². The number of alkyl halides is 6. The van der Waals surface area contributed by atoms with Gasteiger partial charge in [0.1, 0.15) is 5.75 Å². The zero-order valence-electron chi connectivity index (χ0n) is 14.9. The highest BCUT2D eigenvalue weighted by molar-refractivity contribution is 6.02.